The number of thiazole rings is 1. The number of ether oxygens (including phenoxy) is 1. The summed E-state index contributed by atoms with van der Waals surface area (Å²) in [6.07, 6.45) is 0.427. The van der Waals surface area contributed by atoms with Crippen LogP contribution in [0.25, 0.3) is 0 Å². The lowest BCUT2D eigenvalue weighted by Gasteiger charge is -2.26. The number of anilines is 1. The number of hydrogen-bond acceptors (Lipinski definition) is 6. The third-order valence-electron chi connectivity index (χ3n) is 3.06. The Morgan fingerprint density at radius 3 is 2.84 bits per heavy atom. The van der Waals surface area contributed by atoms with E-state index in [-0.39, 0.29) is 0 Å². The first-order valence-corrected chi connectivity index (χ1v) is 6.95. The molecule has 1 aliphatic heterocycles. The number of morpholine rings is 1. The van der Waals surface area contributed by atoms with E-state index in [1.165, 1.54) is 11.3 Å². The Hall–Kier alpha value is -1.65. The van der Waals surface area contributed by atoms with Crippen LogP contribution in [0.4, 0.5) is 5.13 Å². The van der Waals surface area contributed by atoms with E-state index < -0.39 is 11.9 Å². The van der Waals surface area contributed by atoms with Crippen molar-refractivity contribution in [2.24, 2.45) is 0 Å². The maximum absolute atomic E-state index is 11.2. The van der Waals surface area contributed by atoms with Crippen molar-refractivity contribution >= 4 is 22.4 Å². The van der Waals surface area contributed by atoms with Gasteiger partial charge in [-0.3, -0.25) is 4.79 Å². The SMILES string of the molecule is CCC(C(=O)O)c1nc(N2CCOCC2)sc1C#N. The second-order valence-corrected chi connectivity index (χ2v) is 5.20. The van der Waals surface area contributed by atoms with Crippen molar-refractivity contribution in [3.8, 4) is 6.07 Å². The zero-order chi connectivity index (χ0) is 13.8. The number of carbonyl (C=O) groups is 1. The molecule has 1 saturated heterocycles. The Morgan fingerprint density at radius 1 is 1.63 bits per heavy atom. The van der Waals surface area contributed by atoms with E-state index in [0.717, 1.165) is 18.2 Å². The fourth-order valence-electron chi connectivity index (χ4n) is 2.01. The summed E-state index contributed by atoms with van der Waals surface area (Å²) in [7, 11) is 0. The number of nitrogens with zero attached hydrogens (tertiary/aromatic N) is 3. The lowest BCUT2D eigenvalue weighted by Crippen LogP contribution is -2.36. The van der Waals surface area contributed by atoms with Gasteiger partial charge in [0.1, 0.15) is 16.9 Å². The van der Waals surface area contributed by atoms with Crippen LogP contribution in [0.1, 0.15) is 29.8 Å². The molecule has 19 heavy (non-hydrogen) atoms. The highest BCUT2D eigenvalue weighted by Crippen LogP contribution is 2.32. The third-order valence-corrected chi connectivity index (χ3v) is 4.10. The Morgan fingerprint density at radius 2 is 2.32 bits per heavy atom. The van der Waals surface area contributed by atoms with Crippen LogP contribution >= 0.6 is 11.3 Å². The topological polar surface area (TPSA) is 86.4 Å². The molecule has 1 N–H and O–H groups in total. The molecule has 1 aliphatic rings. The Labute approximate surface area is 115 Å². The molecule has 1 atom stereocenters. The largest absolute Gasteiger partial charge is 0.481 e. The molecular weight excluding hydrogens is 266 g/mol. The molecule has 0 amide bonds. The molecule has 1 unspecified atom stereocenters. The molecule has 0 saturated carbocycles. The molecule has 7 heteroatoms. The molecule has 0 aromatic carbocycles. The van der Waals surface area contributed by atoms with Gasteiger partial charge in [-0.05, 0) is 6.42 Å². The summed E-state index contributed by atoms with van der Waals surface area (Å²) < 4.78 is 5.27. The van der Waals surface area contributed by atoms with Crippen LogP contribution in [0.5, 0.6) is 0 Å². The van der Waals surface area contributed by atoms with E-state index in [1.807, 2.05) is 4.90 Å². The van der Waals surface area contributed by atoms with Gasteiger partial charge in [-0.25, -0.2) is 4.98 Å². The summed E-state index contributed by atoms with van der Waals surface area (Å²) in [6, 6.07) is 2.06. The van der Waals surface area contributed by atoms with Crippen molar-refractivity contribution < 1.29 is 14.6 Å². The lowest BCUT2D eigenvalue weighted by atomic mass is 10.0. The van der Waals surface area contributed by atoms with Crippen molar-refractivity contribution in [2.45, 2.75) is 19.3 Å². The number of aromatic nitrogens is 1. The summed E-state index contributed by atoms with van der Waals surface area (Å²) in [6.45, 7) is 4.50. The Bertz CT molecular complexity index is 503. The predicted molar refractivity (Wildman–Crippen MR) is 70.5 cm³/mol. The molecule has 0 bridgehead atoms. The lowest BCUT2D eigenvalue weighted by molar-refractivity contribution is -0.138. The standard InChI is InChI=1S/C12H15N3O3S/c1-2-8(11(16)17)10-9(7-13)19-12(14-10)15-3-5-18-6-4-15/h8H,2-6H2,1H3,(H,16,17). The van der Waals surface area contributed by atoms with E-state index in [4.69, 9.17) is 10.00 Å². The summed E-state index contributed by atoms with van der Waals surface area (Å²) in [5.74, 6) is -1.64. The van der Waals surface area contributed by atoms with Crippen molar-refractivity contribution in [1.82, 2.24) is 4.98 Å². The number of nitriles is 1. The summed E-state index contributed by atoms with van der Waals surface area (Å²) in [4.78, 5) is 18.0. The van der Waals surface area contributed by atoms with Gasteiger partial charge in [0.25, 0.3) is 0 Å². The van der Waals surface area contributed by atoms with E-state index in [1.54, 1.807) is 6.92 Å². The molecule has 1 fully saturated rings. The smallest absolute Gasteiger partial charge is 0.312 e. The van der Waals surface area contributed by atoms with Gasteiger partial charge in [0.05, 0.1) is 18.9 Å². The summed E-state index contributed by atoms with van der Waals surface area (Å²) >= 11 is 1.26. The number of hydrogen-bond donors (Lipinski definition) is 1. The first-order chi connectivity index (χ1) is 9.17. The summed E-state index contributed by atoms with van der Waals surface area (Å²) in [5.41, 5.74) is 0.393. The molecule has 1 aromatic heterocycles. The highest BCUT2D eigenvalue weighted by Gasteiger charge is 2.27. The van der Waals surface area contributed by atoms with Gasteiger partial charge in [0, 0.05) is 13.1 Å². The van der Waals surface area contributed by atoms with Crippen LogP contribution in [-0.2, 0) is 9.53 Å². The predicted octanol–water partition coefficient (Wildman–Crippen LogP) is 1.43. The highest BCUT2D eigenvalue weighted by molar-refractivity contribution is 7.16. The molecule has 0 radical (unpaired) electrons. The van der Waals surface area contributed by atoms with Crippen LogP contribution in [0, 0.1) is 11.3 Å². The van der Waals surface area contributed by atoms with E-state index in [2.05, 4.69) is 11.1 Å². The zero-order valence-electron chi connectivity index (χ0n) is 10.6. The minimum Gasteiger partial charge on any atom is -0.481 e. The third kappa shape index (κ3) is 2.85. The zero-order valence-corrected chi connectivity index (χ0v) is 11.4. The first-order valence-electron chi connectivity index (χ1n) is 6.13. The van der Waals surface area contributed by atoms with E-state index in [0.29, 0.717) is 30.2 Å². The minimum atomic E-state index is -0.933. The van der Waals surface area contributed by atoms with Gasteiger partial charge in [-0.2, -0.15) is 5.26 Å². The van der Waals surface area contributed by atoms with Gasteiger partial charge in [-0.1, -0.05) is 18.3 Å². The first kappa shape index (κ1) is 13.8. The molecule has 0 aliphatic carbocycles. The van der Waals surface area contributed by atoms with Gasteiger partial charge < -0.3 is 14.7 Å². The number of carboxylic acids is 1. The van der Waals surface area contributed by atoms with Crippen molar-refractivity contribution in [3.63, 3.8) is 0 Å². The van der Waals surface area contributed by atoms with Crippen molar-refractivity contribution in [3.05, 3.63) is 10.6 Å². The average Bonchev–Trinajstić information content (AvgIpc) is 2.84. The number of aliphatic carboxylic acids is 1. The number of carboxylic acid groups (broad SMARTS) is 1. The maximum atomic E-state index is 11.2. The van der Waals surface area contributed by atoms with Gasteiger partial charge in [0.2, 0.25) is 0 Å². The maximum Gasteiger partial charge on any atom is 0.312 e. The normalized spacial score (nSPS) is 16.9. The second-order valence-electron chi connectivity index (χ2n) is 4.22. The van der Waals surface area contributed by atoms with Crippen molar-refractivity contribution in [2.75, 3.05) is 31.2 Å². The van der Waals surface area contributed by atoms with Crippen molar-refractivity contribution in [1.29, 1.82) is 5.26 Å². The van der Waals surface area contributed by atoms with Crippen LogP contribution < -0.4 is 4.90 Å². The summed E-state index contributed by atoms with van der Waals surface area (Å²) in [5, 5.41) is 19.0. The van der Waals surface area contributed by atoms with Crippen LogP contribution in [0.3, 0.4) is 0 Å². The molecule has 2 heterocycles. The fraction of sp³-hybridized carbons (Fsp3) is 0.583. The van der Waals surface area contributed by atoms with E-state index in [9.17, 15) is 9.90 Å². The van der Waals surface area contributed by atoms with Crippen LogP contribution in [0.2, 0.25) is 0 Å². The molecule has 1 aromatic rings. The molecule has 2 rings (SSSR count). The monoisotopic (exact) mass is 281 g/mol. The Balaban J connectivity index is 2.31. The Kier molecular flexibility index (Phi) is 4.35. The molecule has 6 nitrogen and oxygen atoms in total. The second kappa shape index (κ2) is 5.99. The quantitative estimate of drug-likeness (QED) is 0.898. The van der Waals surface area contributed by atoms with Crippen LogP contribution in [-0.4, -0.2) is 42.4 Å². The van der Waals surface area contributed by atoms with Gasteiger partial charge in [0.15, 0.2) is 5.13 Å². The molecule has 102 valence electrons. The molecular formula is C12H15N3O3S. The molecule has 0 spiro atoms. The van der Waals surface area contributed by atoms with Gasteiger partial charge >= 0.3 is 5.97 Å². The van der Waals surface area contributed by atoms with Crippen LogP contribution in [0.15, 0.2) is 0 Å². The van der Waals surface area contributed by atoms with Gasteiger partial charge in [-0.15, -0.1) is 0 Å². The number of rotatable bonds is 4. The van der Waals surface area contributed by atoms with E-state index >= 15 is 0 Å². The fourth-order valence-corrected chi connectivity index (χ4v) is 2.99. The average molecular weight is 281 g/mol. The highest BCUT2D eigenvalue weighted by atomic mass is 32.1. The minimum absolute atomic E-state index is 0.393.